The third-order valence-corrected chi connectivity index (χ3v) is 4.83. The monoisotopic (exact) mass is 344 g/mol. The number of nitrogens with one attached hydrogen (secondary N) is 1. The van der Waals surface area contributed by atoms with Gasteiger partial charge in [-0.2, -0.15) is 0 Å². The Morgan fingerprint density at radius 1 is 1.32 bits per heavy atom. The lowest BCUT2D eigenvalue weighted by atomic mass is 10.2. The molecule has 1 aromatic rings. The van der Waals surface area contributed by atoms with E-state index < -0.39 is 10.8 Å². The van der Waals surface area contributed by atoms with Crippen LogP contribution in [-0.2, 0) is 20.4 Å². The van der Waals surface area contributed by atoms with Crippen LogP contribution in [0.5, 0.6) is 0 Å². The molecule has 0 saturated carbocycles. The van der Waals surface area contributed by atoms with E-state index in [1.54, 1.807) is 32.3 Å². The van der Waals surface area contributed by atoms with Gasteiger partial charge in [-0.1, -0.05) is 17.7 Å². The van der Waals surface area contributed by atoms with Crippen molar-refractivity contribution in [2.24, 2.45) is 0 Å². The van der Waals surface area contributed by atoms with Gasteiger partial charge in [0.25, 0.3) is 0 Å². The number of benzene rings is 1. The maximum absolute atomic E-state index is 11.9. The standard InChI is InChI=1S/C15H21ClN2O3S/c1-11-12(16)6-4-7-13(11)17-14(19)10-22(21)9-5-8-15(20)18(2)3/h4,6-7H,5,8-10H2,1-3H3,(H,17,19)/t22-/m0/s1. The Hall–Kier alpha value is -1.40. The molecule has 1 N–H and O–H groups in total. The van der Waals surface area contributed by atoms with Crippen molar-refractivity contribution < 1.29 is 13.8 Å². The van der Waals surface area contributed by atoms with Crippen LogP contribution in [0.2, 0.25) is 5.02 Å². The first-order valence-electron chi connectivity index (χ1n) is 6.91. The van der Waals surface area contributed by atoms with Crippen molar-refractivity contribution in [3.05, 3.63) is 28.8 Å². The van der Waals surface area contributed by atoms with E-state index in [4.69, 9.17) is 11.6 Å². The molecule has 0 fully saturated rings. The normalized spacial score (nSPS) is 11.8. The van der Waals surface area contributed by atoms with Crippen molar-refractivity contribution in [2.75, 3.05) is 30.9 Å². The Balaban J connectivity index is 2.40. The van der Waals surface area contributed by atoms with Crippen LogP contribution in [0.1, 0.15) is 18.4 Å². The molecule has 0 aliphatic heterocycles. The van der Waals surface area contributed by atoms with Gasteiger partial charge >= 0.3 is 0 Å². The molecule has 7 heteroatoms. The molecule has 0 saturated heterocycles. The SMILES string of the molecule is Cc1c(Cl)cccc1NC(=O)C[S@@](=O)CCCC(=O)N(C)C. The molecule has 22 heavy (non-hydrogen) atoms. The minimum Gasteiger partial charge on any atom is -0.349 e. The topological polar surface area (TPSA) is 66.5 Å². The molecule has 1 atom stereocenters. The highest BCUT2D eigenvalue weighted by atomic mass is 35.5. The minimum absolute atomic E-state index is 0.00370. The molecule has 0 aromatic heterocycles. The molecule has 0 bridgehead atoms. The molecule has 122 valence electrons. The molecular weight excluding hydrogens is 324 g/mol. The van der Waals surface area contributed by atoms with Crippen LogP contribution in [0.3, 0.4) is 0 Å². The number of nitrogens with zero attached hydrogens (tertiary/aromatic N) is 1. The number of rotatable bonds is 7. The zero-order chi connectivity index (χ0) is 16.7. The van der Waals surface area contributed by atoms with Crippen LogP contribution in [0, 0.1) is 6.92 Å². The zero-order valence-corrected chi connectivity index (χ0v) is 14.6. The molecule has 0 aliphatic carbocycles. The van der Waals surface area contributed by atoms with Gasteiger partial charge in [-0.25, -0.2) is 0 Å². The fourth-order valence-corrected chi connectivity index (χ4v) is 2.91. The third kappa shape index (κ3) is 6.15. The average Bonchev–Trinajstić information content (AvgIpc) is 2.43. The van der Waals surface area contributed by atoms with Gasteiger partial charge < -0.3 is 10.2 Å². The van der Waals surface area contributed by atoms with Gasteiger partial charge in [0.05, 0.1) is 0 Å². The highest BCUT2D eigenvalue weighted by Gasteiger charge is 2.11. The van der Waals surface area contributed by atoms with E-state index >= 15 is 0 Å². The van der Waals surface area contributed by atoms with Crippen molar-refractivity contribution in [1.29, 1.82) is 0 Å². The van der Waals surface area contributed by atoms with Gasteiger partial charge in [0.1, 0.15) is 5.75 Å². The van der Waals surface area contributed by atoms with Crippen molar-refractivity contribution in [2.45, 2.75) is 19.8 Å². The fraction of sp³-hybridized carbons (Fsp3) is 0.467. The lowest BCUT2D eigenvalue weighted by Crippen LogP contribution is -2.23. The largest absolute Gasteiger partial charge is 0.349 e. The number of hydrogen-bond donors (Lipinski definition) is 1. The van der Waals surface area contributed by atoms with E-state index in [1.807, 2.05) is 6.92 Å². The maximum atomic E-state index is 11.9. The van der Waals surface area contributed by atoms with Crippen molar-refractivity contribution in [1.82, 2.24) is 4.90 Å². The second-order valence-electron chi connectivity index (χ2n) is 5.14. The summed E-state index contributed by atoms with van der Waals surface area (Å²) in [6.07, 6.45) is 0.848. The molecule has 0 unspecified atom stereocenters. The summed E-state index contributed by atoms with van der Waals surface area (Å²) in [6.45, 7) is 1.81. The summed E-state index contributed by atoms with van der Waals surface area (Å²) in [5.74, 6) is -0.0671. The quantitative estimate of drug-likeness (QED) is 0.824. The van der Waals surface area contributed by atoms with E-state index in [2.05, 4.69) is 5.32 Å². The smallest absolute Gasteiger partial charge is 0.236 e. The van der Waals surface area contributed by atoms with Gasteiger partial charge in [0.15, 0.2) is 0 Å². The summed E-state index contributed by atoms with van der Waals surface area (Å²) in [7, 11) is 2.08. The summed E-state index contributed by atoms with van der Waals surface area (Å²) in [5, 5.41) is 3.28. The van der Waals surface area contributed by atoms with Crippen LogP contribution in [-0.4, -0.2) is 46.5 Å². The summed E-state index contributed by atoms with van der Waals surface area (Å²) in [4.78, 5) is 24.8. The predicted octanol–water partition coefficient (Wildman–Crippen LogP) is 2.20. The summed E-state index contributed by atoms with van der Waals surface area (Å²) in [6, 6.07) is 5.24. The van der Waals surface area contributed by atoms with E-state index in [0.29, 0.717) is 29.3 Å². The molecule has 0 aliphatic rings. The molecule has 0 radical (unpaired) electrons. The van der Waals surface area contributed by atoms with Crippen molar-refractivity contribution in [3.63, 3.8) is 0 Å². The molecule has 1 aromatic carbocycles. The third-order valence-electron chi connectivity index (χ3n) is 3.10. The molecule has 2 amide bonds. The molecular formula is C15H21ClN2O3S. The maximum Gasteiger partial charge on any atom is 0.236 e. The van der Waals surface area contributed by atoms with Gasteiger partial charge in [0, 0.05) is 47.8 Å². The van der Waals surface area contributed by atoms with E-state index in [-0.39, 0.29) is 17.6 Å². The van der Waals surface area contributed by atoms with E-state index in [1.165, 1.54) is 4.90 Å². The van der Waals surface area contributed by atoms with Crippen LogP contribution < -0.4 is 5.32 Å². The number of hydrogen-bond acceptors (Lipinski definition) is 3. The Bertz CT molecular complexity index is 576. The lowest BCUT2D eigenvalue weighted by Gasteiger charge is -2.10. The molecule has 0 spiro atoms. The zero-order valence-electron chi connectivity index (χ0n) is 13.0. The number of anilines is 1. The highest BCUT2D eigenvalue weighted by molar-refractivity contribution is 7.85. The Morgan fingerprint density at radius 3 is 2.64 bits per heavy atom. The number of halogens is 1. The first-order chi connectivity index (χ1) is 10.3. The summed E-state index contributed by atoms with van der Waals surface area (Å²) >= 11 is 5.98. The summed E-state index contributed by atoms with van der Waals surface area (Å²) < 4.78 is 11.8. The molecule has 5 nitrogen and oxygen atoms in total. The number of amides is 2. The van der Waals surface area contributed by atoms with Gasteiger partial charge in [-0.15, -0.1) is 0 Å². The van der Waals surface area contributed by atoms with Gasteiger partial charge in [-0.3, -0.25) is 13.8 Å². The Morgan fingerprint density at radius 2 is 2.00 bits per heavy atom. The minimum atomic E-state index is -1.28. The van der Waals surface area contributed by atoms with Crippen molar-refractivity contribution >= 4 is 39.9 Å². The van der Waals surface area contributed by atoms with Gasteiger partial charge in [-0.05, 0) is 31.0 Å². The lowest BCUT2D eigenvalue weighted by molar-refractivity contribution is -0.128. The average molecular weight is 345 g/mol. The molecule has 1 rings (SSSR count). The van der Waals surface area contributed by atoms with Crippen molar-refractivity contribution in [3.8, 4) is 0 Å². The first-order valence-corrected chi connectivity index (χ1v) is 8.78. The predicted molar refractivity (Wildman–Crippen MR) is 90.6 cm³/mol. The molecule has 0 heterocycles. The number of carbonyl (C=O) groups excluding carboxylic acids is 2. The Kier molecular flexibility index (Phi) is 7.55. The van der Waals surface area contributed by atoms with E-state index in [9.17, 15) is 13.8 Å². The second kappa shape index (κ2) is 8.90. The van der Waals surface area contributed by atoms with Crippen LogP contribution in [0.25, 0.3) is 0 Å². The summed E-state index contributed by atoms with van der Waals surface area (Å²) in [5.41, 5.74) is 1.40. The van der Waals surface area contributed by atoms with Crippen LogP contribution >= 0.6 is 11.6 Å². The van der Waals surface area contributed by atoms with E-state index in [0.717, 1.165) is 5.56 Å². The first kappa shape index (κ1) is 18.6. The van der Waals surface area contributed by atoms with Crippen LogP contribution in [0.15, 0.2) is 18.2 Å². The Labute approximate surface area is 138 Å². The second-order valence-corrected chi connectivity index (χ2v) is 7.12. The highest BCUT2D eigenvalue weighted by Crippen LogP contribution is 2.22. The fourth-order valence-electron chi connectivity index (χ4n) is 1.76. The number of carbonyl (C=O) groups is 2. The van der Waals surface area contributed by atoms with Gasteiger partial charge in [0.2, 0.25) is 11.8 Å². The van der Waals surface area contributed by atoms with Crippen LogP contribution in [0.4, 0.5) is 5.69 Å².